The molecule has 2 rings (SSSR count). The molecular formula is C7H9N7O. The summed E-state index contributed by atoms with van der Waals surface area (Å²) in [5, 5.41) is 16.1. The highest BCUT2D eigenvalue weighted by Gasteiger charge is 2.05. The maximum Gasteiger partial charge on any atom is 0.246 e. The molecule has 0 aromatic carbocycles. The van der Waals surface area contributed by atoms with Crippen LogP contribution in [0, 0.1) is 0 Å². The van der Waals surface area contributed by atoms with Gasteiger partial charge in [-0.25, -0.2) is 4.68 Å². The molecule has 0 radical (unpaired) electrons. The molecular weight excluding hydrogens is 198 g/mol. The first kappa shape index (κ1) is 9.19. The lowest BCUT2D eigenvalue weighted by atomic mass is 10.5. The summed E-state index contributed by atoms with van der Waals surface area (Å²) in [5.41, 5.74) is 5.95. The number of amides is 1. The van der Waals surface area contributed by atoms with Crippen molar-refractivity contribution in [2.24, 2.45) is 0 Å². The predicted molar refractivity (Wildman–Crippen MR) is 51.7 cm³/mol. The Labute approximate surface area is 84.5 Å². The van der Waals surface area contributed by atoms with Gasteiger partial charge in [0.2, 0.25) is 5.91 Å². The normalized spacial score (nSPS) is 10.1. The van der Waals surface area contributed by atoms with Crippen molar-refractivity contribution in [3.05, 3.63) is 18.6 Å². The third-order valence-electron chi connectivity index (χ3n) is 1.64. The van der Waals surface area contributed by atoms with E-state index < -0.39 is 0 Å². The van der Waals surface area contributed by atoms with Crippen LogP contribution in [0.1, 0.15) is 0 Å². The number of carbonyl (C=O) groups excluding carboxylic acids is 1. The Bertz CT molecular complexity index is 446. The van der Waals surface area contributed by atoms with E-state index in [-0.39, 0.29) is 18.3 Å². The monoisotopic (exact) mass is 207 g/mol. The fraction of sp³-hybridized carbons (Fsp3) is 0.143. The Hall–Kier alpha value is -2.38. The van der Waals surface area contributed by atoms with Gasteiger partial charge in [0.25, 0.3) is 0 Å². The molecule has 8 nitrogen and oxygen atoms in total. The molecule has 8 heteroatoms. The summed E-state index contributed by atoms with van der Waals surface area (Å²) in [5.74, 6) is 0.0624. The minimum atomic E-state index is -0.221. The fourth-order valence-corrected chi connectivity index (χ4v) is 1.06. The highest BCUT2D eigenvalue weighted by atomic mass is 16.2. The number of nitrogen functional groups attached to an aromatic ring is 1. The van der Waals surface area contributed by atoms with Gasteiger partial charge < -0.3 is 11.1 Å². The molecule has 0 spiro atoms. The van der Waals surface area contributed by atoms with Crippen LogP contribution in [0.15, 0.2) is 18.6 Å². The summed E-state index contributed by atoms with van der Waals surface area (Å²) in [7, 11) is 0. The zero-order valence-electron chi connectivity index (χ0n) is 7.71. The van der Waals surface area contributed by atoms with Gasteiger partial charge in [0.15, 0.2) is 5.82 Å². The first-order valence-electron chi connectivity index (χ1n) is 4.18. The van der Waals surface area contributed by atoms with Crippen molar-refractivity contribution in [1.29, 1.82) is 0 Å². The standard InChI is InChI=1S/C7H9N7O/c8-6-3-14(13-12-6)4-7(15)11-5-1-9-10-2-5/h1-3H,4,8H2,(H,9,10)(H,11,15). The average Bonchev–Trinajstić information content (AvgIpc) is 2.77. The average molecular weight is 207 g/mol. The number of hydrogen-bond donors (Lipinski definition) is 3. The molecule has 1 amide bonds. The van der Waals surface area contributed by atoms with Crippen molar-refractivity contribution >= 4 is 17.4 Å². The van der Waals surface area contributed by atoms with Gasteiger partial charge in [-0.2, -0.15) is 5.10 Å². The number of carbonyl (C=O) groups is 1. The first-order valence-corrected chi connectivity index (χ1v) is 4.18. The Morgan fingerprint density at radius 2 is 2.53 bits per heavy atom. The lowest BCUT2D eigenvalue weighted by molar-refractivity contribution is -0.116. The lowest BCUT2D eigenvalue weighted by Crippen LogP contribution is -2.18. The second kappa shape index (κ2) is 3.78. The highest BCUT2D eigenvalue weighted by molar-refractivity contribution is 5.90. The zero-order chi connectivity index (χ0) is 10.7. The summed E-state index contributed by atoms with van der Waals surface area (Å²) in [6.07, 6.45) is 4.57. The predicted octanol–water partition coefficient (Wildman–Crippen LogP) is -0.778. The maximum absolute atomic E-state index is 11.4. The van der Waals surface area contributed by atoms with Crippen LogP contribution in [-0.4, -0.2) is 31.1 Å². The molecule has 78 valence electrons. The van der Waals surface area contributed by atoms with Gasteiger partial charge in [0.1, 0.15) is 6.54 Å². The summed E-state index contributed by atoms with van der Waals surface area (Å²) < 4.78 is 1.35. The molecule has 0 fully saturated rings. The van der Waals surface area contributed by atoms with Crippen LogP contribution < -0.4 is 11.1 Å². The number of nitrogens with one attached hydrogen (secondary N) is 2. The largest absolute Gasteiger partial charge is 0.381 e. The van der Waals surface area contributed by atoms with Crippen LogP contribution in [0.25, 0.3) is 0 Å². The molecule has 0 aliphatic rings. The molecule has 0 aliphatic carbocycles. The number of aromatic nitrogens is 5. The van der Waals surface area contributed by atoms with E-state index in [1.54, 1.807) is 6.20 Å². The molecule has 0 bridgehead atoms. The lowest BCUT2D eigenvalue weighted by Gasteiger charge is -2.00. The molecule has 2 heterocycles. The third kappa shape index (κ3) is 2.30. The topological polar surface area (TPSA) is 115 Å². The number of aromatic amines is 1. The zero-order valence-corrected chi connectivity index (χ0v) is 7.71. The smallest absolute Gasteiger partial charge is 0.246 e. The van der Waals surface area contributed by atoms with Crippen molar-refractivity contribution in [3.63, 3.8) is 0 Å². The minimum absolute atomic E-state index is 0.0649. The van der Waals surface area contributed by atoms with Crippen LogP contribution in [0.2, 0.25) is 0 Å². The van der Waals surface area contributed by atoms with Crippen LogP contribution >= 0.6 is 0 Å². The number of anilines is 2. The quantitative estimate of drug-likeness (QED) is 0.610. The van der Waals surface area contributed by atoms with Crippen molar-refractivity contribution < 1.29 is 4.79 Å². The van der Waals surface area contributed by atoms with E-state index in [1.807, 2.05) is 0 Å². The van der Waals surface area contributed by atoms with E-state index in [0.29, 0.717) is 5.69 Å². The molecule has 0 atom stereocenters. The van der Waals surface area contributed by atoms with E-state index in [4.69, 9.17) is 5.73 Å². The van der Waals surface area contributed by atoms with Gasteiger partial charge in [-0.05, 0) is 0 Å². The highest BCUT2D eigenvalue weighted by Crippen LogP contribution is 2.01. The molecule has 0 saturated carbocycles. The van der Waals surface area contributed by atoms with Crippen molar-refractivity contribution in [2.75, 3.05) is 11.1 Å². The van der Waals surface area contributed by atoms with E-state index in [9.17, 15) is 4.79 Å². The van der Waals surface area contributed by atoms with E-state index in [1.165, 1.54) is 17.1 Å². The molecule has 0 saturated heterocycles. The summed E-state index contributed by atoms with van der Waals surface area (Å²) in [6.45, 7) is 0.0649. The summed E-state index contributed by atoms with van der Waals surface area (Å²) >= 11 is 0. The van der Waals surface area contributed by atoms with Crippen LogP contribution in [0.5, 0.6) is 0 Å². The number of H-pyrrole nitrogens is 1. The van der Waals surface area contributed by atoms with Gasteiger partial charge in [0, 0.05) is 6.20 Å². The molecule has 15 heavy (non-hydrogen) atoms. The Morgan fingerprint density at radius 3 is 3.13 bits per heavy atom. The van der Waals surface area contributed by atoms with Gasteiger partial charge >= 0.3 is 0 Å². The van der Waals surface area contributed by atoms with Crippen LogP contribution in [0.4, 0.5) is 11.5 Å². The summed E-state index contributed by atoms with van der Waals surface area (Å²) in [6, 6.07) is 0. The van der Waals surface area contributed by atoms with E-state index in [2.05, 4.69) is 25.8 Å². The van der Waals surface area contributed by atoms with Gasteiger partial charge in [-0.15, -0.1) is 5.10 Å². The third-order valence-corrected chi connectivity index (χ3v) is 1.64. The molecule has 4 N–H and O–H groups in total. The fourth-order valence-electron chi connectivity index (χ4n) is 1.06. The second-order valence-corrected chi connectivity index (χ2v) is 2.88. The second-order valence-electron chi connectivity index (χ2n) is 2.88. The van der Waals surface area contributed by atoms with Gasteiger partial charge in [-0.3, -0.25) is 9.89 Å². The number of nitrogens with zero attached hydrogens (tertiary/aromatic N) is 4. The SMILES string of the molecule is Nc1cn(CC(=O)Nc2cn[nH]c2)nn1. The molecule has 2 aromatic rings. The van der Waals surface area contributed by atoms with Crippen molar-refractivity contribution in [1.82, 2.24) is 25.2 Å². The minimum Gasteiger partial charge on any atom is -0.381 e. The number of rotatable bonds is 3. The Kier molecular flexibility index (Phi) is 2.31. The molecule has 2 aromatic heterocycles. The first-order chi connectivity index (χ1) is 7.24. The molecule has 0 aliphatic heterocycles. The van der Waals surface area contributed by atoms with Gasteiger partial charge in [0.05, 0.1) is 18.1 Å². The van der Waals surface area contributed by atoms with Crippen molar-refractivity contribution in [2.45, 2.75) is 6.54 Å². The van der Waals surface area contributed by atoms with Crippen LogP contribution in [-0.2, 0) is 11.3 Å². The maximum atomic E-state index is 11.4. The van der Waals surface area contributed by atoms with E-state index >= 15 is 0 Å². The van der Waals surface area contributed by atoms with Crippen molar-refractivity contribution in [3.8, 4) is 0 Å². The molecule has 0 unspecified atom stereocenters. The van der Waals surface area contributed by atoms with E-state index in [0.717, 1.165) is 0 Å². The Balaban J connectivity index is 1.93. The number of nitrogens with two attached hydrogens (primary N) is 1. The van der Waals surface area contributed by atoms with Crippen LogP contribution in [0.3, 0.4) is 0 Å². The Morgan fingerprint density at radius 1 is 1.67 bits per heavy atom. The summed E-state index contributed by atoms with van der Waals surface area (Å²) in [4.78, 5) is 11.4. The van der Waals surface area contributed by atoms with Gasteiger partial charge in [-0.1, -0.05) is 5.21 Å². The number of hydrogen-bond acceptors (Lipinski definition) is 5.